The van der Waals surface area contributed by atoms with E-state index in [9.17, 15) is 9.18 Å². The molecule has 3 nitrogen and oxygen atoms in total. The Morgan fingerprint density at radius 2 is 2.00 bits per heavy atom. The van der Waals surface area contributed by atoms with Crippen LogP contribution in [-0.4, -0.2) is 24.2 Å². The first-order chi connectivity index (χ1) is 10.0. The van der Waals surface area contributed by atoms with E-state index in [0.717, 1.165) is 32.0 Å². The summed E-state index contributed by atoms with van der Waals surface area (Å²) in [4.78, 5) is 12.5. The van der Waals surface area contributed by atoms with Crippen LogP contribution in [-0.2, 0) is 4.79 Å². The first-order valence-corrected chi connectivity index (χ1v) is 7.47. The highest BCUT2D eigenvalue weighted by molar-refractivity contribution is 5.85. The van der Waals surface area contributed by atoms with Crippen LogP contribution in [0.15, 0.2) is 24.3 Å². The number of carboxylic acids is 1. The predicted molar refractivity (Wildman–Crippen MR) is 85.0 cm³/mol. The van der Waals surface area contributed by atoms with Crippen molar-refractivity contribution in [1.29, 1.82) is 0 Å². The van der Waals surface area contributed by atoms with Crippen LogP contribution in [0.25, 0.3) is 6.08 Å². The molecule has 0 aliphatic carbocycles. The summed E-state index contributed by atoms with van der Waals surface area (Å²) in [6.45, 7) is 7.90. The van der Waals surface area contributed by atoms with Gasteiger partial charge in [-0.05, 0) is 36.6 Å². The van der Waals surface area contributed by atoms with Gasteiger partial charge < -0.3 is 10.0 Å². The van der Waals surface area contributed by atoms with Crippen LogP contribution < -0.4 is 4.90 Å². The first-order valence-electron chi connectivity index (χ1n) is 7.47. The maximum Gasteiger partial charge on any atom is 0.328 e. The van der Waals surface area contributed by atoms with E-state index in [1.165, 1.54) is 12.1 Å². The molecule has 1 rings (SSSR count). The van der Waals surface area contributed by atoms with Crippen LogP contribution in [0.3, 0.4) is 0 Å². The lowest BCUT2D eigenvalue weighted by Crippen LogP contribution is -2.29. The van der Waals surface area contributed by atoms with Crippen LogP contribution >= 0.6 is 0 Å². The summed E-state index contributed by atoms with van der Waals surface area (Å²) in [7, 11) is 0. The summed E-state index contributed by atoms with van der Waals surface area (Å²) >= 11 is 0. The molecule has 0 radical (unpaired) electrons. The lowest BCUT2D eigenvalue weighted by atomic mass is 10.0. The second-order valence-electron chi connectivity index (χ2n) is 5.10. The van der Waals surface area contributed by atoms with E-state index >= 15 is 0 Å². The molecule has 21 heavy (non-hydrogen) atoms. The molecule has 1 aromatic carbocycles. The SMILES string of the molecule is CCC(CC)CN(CC)c1ccc(C=CC(=O)O)cc1F. The molecule has 0 unspecified atom stereocenters. The van der Waals surface area contributed by atoms with Crippen molar-refractivity contribution in [1.82, 2.24) is 0 Å². The molecule has 4 heteroatoms. The summed E-state index contributed by atoms with van der Waals surface area (Å²) in [5, 5.41) is 8.59. The quantitative estimate of drug-likeness (QED) is 0.731. The van der Waals surface area contributed by atoms with Gasteiger partial charge in [-0.2, -0.15) is 0 Å². The largest absolute Gasteiger partial charge is 0.478 e. The molecular formula is C17H24FNO2. The molecule has 0 atom stereocenters. The van der Waals surface area contributed by atoms with Crippen molar-refractivity contribution in [2.45, 2.75) is 33.6 Å². The highest BCUT2D eigenvalue weighted by atomic mass is 19.1. The topological polar surface area (TPSA) is 40.5 Å². The maximum absolute atomic E-state index is 14.2. The van der Waals surface area contributed by atoms with Gasteiger partial charge in [-0.15, -0.1) is 0 Å². The van der Waals surface area contributed by atoms with Gasteiger partial charge in [0.25, 0.3) is 0 Å². The summed E-state index contributed by atoms with van der Waals surface area (Å²) in [5.41, 5.74) is 1.13. The van der Waals surface area contributed by atoms with Crippen molar-refractivity contribution < 1.29 is 14.3 Å². The number of hydrogen-bond donors (Lipinski definition) is 1. The number of rotatable bonds is 8. The van der Waals surface area contributed by atoms with E-state index in [0.29, 0.717) is 17.2 Å². The van der Waals surface area contributed by atoms with E-state index in [2.05, 4.69) is 13.8 Å². The van der Waals surface area contributed by atoms with Crippen molar-refractivity contribution in [2.24, 2.45) is 5.92 Å². The minimum absolute atomic E-state index is 0.310. The van der Waals surface area contributed by atoms with Gasteiger partial charge in [0.15, 0.2) is 0 Å². The van der Waals surface area contributed by atoms with Crippen LogP contribution in [0.5, 0.6) is 0 Å². The summed E-state index contributed by atoms with van der Waals surface area (Å²) in [6.07, 6.45) is 4.56. The average Bonchev–Trinajstić information content (AvgIpc) is 2.47. The molecule has 1 aromatic rings. The van der Waals surface area contributed by atoms with E-state index in [1.54, 1.807) is 12.1 Å². The average molecular weight is 293 g/mol. The number of hydrogen-bond acceptors (Lipinski definition) is 2. The van der Waals surface area contributed by atoms with Gasteiger partial charge in [-0.1, -0.05) is 32.8 Å². The number of aliphatic carboxylic acids is 1. The zero-order chi connectivity index (χ0) is 15.8. The molecule has 1 N–H and O–H groups in total. The Morgan fingerprint density at radius 1 is 1.33 bits per heavy atom. The Labute approximate surface area is 126 Å². The van der Waals surface area contributed by atoms with E-state index in [1.807, 2.05) is 11.8 Å². The molecule has 0 fully saturated rings. The van der Waals surface area contributed by atoms with Crippen molar-refractivity contribution in [2.75, 3.05) is 18.0 Å². The Bertz CT molecular complexity index is 496. The number of carboxylic acid groups (broad SMARTS) is 1. The second kappa shape index (κ2) is 8.45. The predicted octanol–water partition coefficient (Wildman–Crippen LogP) is 4.19. The lowest BCUT2D eigenvalue weighted by molar-refractivity contribution is -0.131. The van der Waals surface area contributed by atoms with Crippen molar-refractivity contribution in [3.05, 3.63) is 35.7 Å². The van der Waals surface area contributed by atoms with Crippen LogP contribution in [0, 0.1) is 11.7 Å². The van der Waals surface area contributed by atoms with E-state index in [4.69, 9.17) is 5.11 Å². The Hall–Kier alpha value is -1.84. The molecule has 0 bridgehead atoms. The fourth-order valence-corrected chi connectivity index (χ4v) is 2.31. The highest BCUT2D eigenvalue weighted by Gasteiger charge is 2.14. The van der Waals surface area contributed by atoms with E-state index < -0.39 is 5.97 Å². The van der Waals surface area contributed by atoms with Gasteiger partial charge >= 0.3 is 5.97 Å². The van der Waals surface area contributed by atoms with Gasteiger partial charge in [0, 0.05) is 19.2 Å². The number of benzene rings is 1. The van der Waals surface area contributed by atoms with Gasteiger partial charge in [-0.3, -0.25) is 0 Å². The van der Waals surface area contributed by atoms with Crippen molar-refractivity contribution in [3.8, 4) is 0 Å². The Balaban J connectivity index is 2.93. The zero-order valence-electron chi connectivity index (χ0n) is 13.0. The molecule has 0 spiro atoms. The number of anilines is 1. The number of halogens is 1. The highest BCUT2D eigenvalue weighted by Crippen LogP contribution is 2.23. The number of carbonyl (C=O) groups is 1. The molecular weight excluding hydrogens is 269 g/mol. The third-order valence-corrected chi connectivity index (χ3v) is 3.75. The molecule has 0 amide bonds. The molecule has 116 valence electrons. The van der Waals surface area contributed by atoms with Gasteiger partial charge in [0.05, 0.1) is 5.69 Å². The minimum Gasteiger partial charge on any atom is -0.478 e. The summed E-state index contributed by atoms with van der Waals surface area (Å²) in [5.74, 6) is -0.797. The number of nitrogens with zero attached hydrogens (tertiary/aromatic N) is 1. The van der Waals surface area contributed by atoms with Crippen molar-refractivity contribution >= 4 is 17.7 Å². The Kier molecular flexibility index (Phi) is 6.92. The second-order valence-corrected chi connectivity index (χ2v) is 5.10. The van der Waals surface area contributed by atoms with Gasteiger partial charge in [0.1, 0.15) is 5.82 Å². The van der Waals surface area contributed by atoms with Gasteiger partial charge in [-0.25, -0.2) is 9.18 Å². The zero-order valence-corrected chi connectivity index (χ0v) is 13.0. The smallest absolute Gasteiger partial charge is 0.328 e. The fraction of sp³-hybridized carbons (Fsp3) is 0.471. The van der Waals surface area contributed by atoms with Crippen LogP contribution in [0.1, 0.15) is 39.2 Å². The molecule has 0 aromatic heterocycles. The minimum atomic E-state index is -1.04. The maximum atomic E-state index is 14.2. The monoisotopic (exact) mass is 293 g/mol. The molecule has 0 aliphatic rings. The molecule has 0 aliphatic heterocycles. The van der Waals surface area contributed by atoms with Gasteiger partial charge in [0.2, 0.25) is 0 Å². The third kappa shape index (κ3) is 5.21. The Morgan fingerprint density at radius 3 is 2.48 bits per heavy atom. The fourth-order valence-electron chi connectivity index (χ4n) is 2.31. The molecule has 0 saturated heterocycles. The van der Waals surface area contributed by atoms with Crippen LogP contribution in [0.2, 0.25) is 0 Å². The van der Waals surface area contributed by atoms with Crippen LogP contribution in [0.4, 0.5) is 10.1 Å². The first kappa shape index (κ1) is 17.2. The lowest BCUT2D eigenvalue weighted by Gasteiger charge is -2.28. The normalized spacial score (nSPS) is 11.3. The molecule has 0 heterocycles. The third-order valence-electron chi connectivity index (χ3n) is 3.75. The summed E-state index contributed by atoms with van der Waals surface area (Å²) in [6, 6.07) is 4.85. The summed E-state index contributed by atoms with van der Waals surface area (Å²) < 4.78 is 14.2. The molecule has 0 saturated carbocycles. The standard InChI is InChI=1S/C17H24FNO2/c1-4-13(5-2)12-19(6-3)16-9-7-14(11-15(16)18)8-10-17(20)21/h7-11,13H,4-6,12H2,1-3H3,(H,20,21). The van der Waals surface area contributed by atoms with Crippen molar-refractivity contribution in [3.63, 3.8) is 0 Å². The van der Waals surface area contributed by atoms with E-state index in [-0.39, 0.29) is 5.82 Å².